The lowest BCUT2D eigenvalue weighted by Gasteiger charge is -2.10. The normalized spacial score (nSPS) is 11.9. The second kappa shape index (κ2) is 4.21. The van der Waals surface area contributed by atoms with Crippen LogP contribution in [0.3, 0.4) is 0 Å². The van der Waals surface area contributed by atoms with Crippen molar-refractivity contribution in [2.75, 3.05) is 0 Å². The van der Waals surface area contributed by atoms with E-state index in [0.29, 0.717) is 0 Å². The number of rotatable bonds is 2. The van der Waals surface area contributed by atoms with Crippen molar-refractivity contribution in [3.05, 3.63) is 39.9 Å². The summed E-state index contributed by atoms with van der Waals surface area (Å²) in [5.41, 5.74) is 0.848. The summed E-state index contributed by atoms with van der Waals surface area (Å²) in [5.74, 6) is 0. The minimum absolute atomic E-state index is 0.0999. The number of nitrogens with zero attached hydrogens (tertiary/aromatic N) is 2. The minimum atomic E-state index is -0.412. The predicted octanol–water partition coefficient (Wildman–Crippen LogP) is 2.81. The molecule has 15 heavy (non-hydrogen) atoms. The number of nitro groups is 1. The van der Waals surface area contributed by atoms with Gasteiger partial charge in [0.05, 0.1) is 10.5 Å². The Morgan fingerprint density at radius 1 is 1.27 bits per heavy atom. The highest BCUT2D eigenvalue weighted by atomic mass is 16.6. The third-order valence-electron chi connectivity index (χ3n) is 1.70. The second-order valence-corrected chi connectivity index (χ2v) is 4.28. The SMILES string of the molecule is CC(C)(C)N=Cc1ccc([N+](=O)[O-])cc1. The molecule has 4 nitrogen and oxygen atoms in total. The van der Waals surface area contributed by atoms with Crippen LogP contribution in [-0.4, -0.2) is 16.7 Å². The van der Waals surface area contributed by atoms with E-state index in [1.807, 2.05) is 20.8 Å². The lowest BCUT2D eigenvalue weighted by molar-refractivity contribution is -0.384. The third kappa shape index (κ3) is 3.89. The summed E-state index contributed by atoms with van der Waals surface area (Å²) in [4.78, 5) is 14.3. The molecule has 1 rings (SSSR count). The molecule has 0 heterocycles. The van der Waals surface area contributed by atoms with Gasteiger partial charge in [0.15, 0.2) is 0 Å². The molecule has 1 aromatic rings. The van der Waals surface area contributed by atoms with Crippen molar-refractivity contribution in [2.24, 2.45) is 4.99 Å². The van der Waals surface area contributed by atoms with Crippen molar-refractivity contribution in [3.63, 3.8) is 0 Å². The van der Waals surface area contributed by atoms with E-state index in [4.69, 9.17) is 0 Å². The van der Waals surface area contributed by atoms with Gasteiger partial charge in [-0.1, -0.05) is 0 Å². The quantitative estimate of drug-likeness (QED) is 0.424. The summed E-state index contributed by atoms with van der Waals surface area (Å²) >= 11 is 0. The van der Waals surface area contributed by atoms with Crippen LogP contribution in [0.15, 0.2) is 29.3 Å². The van der Waals surface area contributed by atoms with Gasteiger partial charge in [0, 0.05) is 18.3 Å². The summed E-state index contributed by atoms with van der Waals surface area (Å²) in [6.07, 6.45) is 1.73. The summed E-state index contributed by atoms with van der Waals surface area (Å²) in [6.45, 7) is 5.98. The van der Waals surface area contributed by atoms with Gasteiger partial charge in [-0.15, -0.1) is 0 Å². The van der Waals surface area contributed by atoms with Crippen molar-refractivity contribution in [3.8, 4) is 0 Å². The molecule has 0 fully saturated rings. The van der Waals surface area contributed by atoms with Gasteiger partial charge in [-0.3, -0.25) is 15.1 Å². The van der Waals surface area contributed by atoms with Crippen molar-refractivity contribution >= 4 is 11.9 Å². The highest BCUT2D eigenvalue weighted by molar-refractivity contribution is 5.80. The molecule has 0 N–H and O–H groups in total. The van der Waals surface area contributed by atoms with Gasteiger partial charge in [-0.05, 0) is 38.5 Å². The molecule has 0 aliphatic carbocycles. The molecule has 0 atom stereocenters. The van der Waals surface area contributed by atoms with Crippen LogP contribution in [0.4, 0.5) is 5.69 Å². The fourth-order valence-electron chi connectivity index (χ4n) is 0.950. The van der Waals surface area contributed by atoms with Crippen LogP contribution >= 0.6 is 0 Å². The van der Waals surface area contributed by atoms with Crippen LogP contribution in [-0.2, 0) is 0 Å². The number of hydrogen-bond donors (Lipinski definition) is 0. The highest BCUT2D eigenvalue weighted by Gasteiger charge is 2.06. The van der Waals surface area contributed by atoms with Crippen molar-refractivity contribution < 1.29 is 4.92 Å². The smallest absolute Gasteiger partial charge is 0.269 e. The maximum absolute atomic E-state index is 10.4. The van der Waals surface area contributed by atoms with Crippen LogP contribution in [0.25, 0.3) is 0 Å². The van der Waals surface area contributed by atoms with Gasteiger partial charge in [0.25, 0.3) is 5.69 Å². The van der Waals surface area contributed by atoms with Crippen molar-refractivity contribution in [2.45, 2.75) is 26.3 Å². The topological polar surface area (TPSA) is 55.5 Å². The zero-order chi connectivity index (χ0) is 11.5. The van der Waals surface area contributed by atoms with E-state index in [2.05, 4.69) is 4.99 Å². The Kier molecular flexibility index (Phi) is 3.19. The molecule has 0 aromatic heterocycles. The number of nitro benzene ring substituents is 1. The molecule has 0 spiro atoms. The van der Waals surface area contributed by atoms with Crippen LogP contribution in [0.2, 0.25) is 0 Å². The van der Waals surface area contributed by atoms with E-state index in [0.717, 1.165) is 5.56 Å². The first kappa shape index (κ1) is 11.4. The monoisotopic (exact) mass is 206 g/mol. The van der Waals surface area contributed by atoms with Crippen LogP contribution in [0.5, 0.6) is 0 Å². The van der Waals surface area contributed by atoms with E-state index >= 15 is 0 Å². The fraction of sp³-hybridized carbons (Fsp3) is 0.364. The average molecular weight is 206 g/mol. The first-order valence-corrected chi connectivity index (χ1v) is 4.68. The average Bonchev–Trinajstić information content (AvgIpc) is 2.14. The molecule has 1 aromatic carbocycles. The van der Waals surface area contributed by atoms with E-state index in [1.165, 1.54) is 12.1 Å². The van der Waals surface area contributed by atoms with Crippen molar-refractivity contribution in [1.29, 1.82) is 0 Å². The Balaban J connectivity index is 2.82. The Bertz CT molecular complexity index is 375. The highest BCUT2D eigenvalue weighted by Crippen LogP contribution is 2.12. The number of non-ortho nitro benzene ring substituents is 1. The number of aliphatic imine (C=N–C) groups is 1. The van der Waals surface area contributed by atoms with Gasteiger partial charge in [0.2, 0.25) is 0 Å². The Hall–Kier alpha value is -1.71. The molecule has 0 aliphatic heterocycles. The van der Waals surface area contributed by atoms with Crippen LogP contribution in [0, 0.1) is 10.1 Å². The Morgan fingerprint density at radius 2 is 1.80 bits per heavy atom. The summed E-state index contributed by atoms with van der Waals surface area (Å²) in [5, 5.41) is 10.4. The zero-order valence-electron chi connectivity index (χ0n) is 9.10. The van der Waals surface area contributed by atoms with Crippen LogP contribution < -0.4 is 0 Å². The summed E-state index contributed by atoms with van der Waals surface area (Å²) in [6, 6.07) is 6.33. The maximum Gasteiger partial charge on any atom is 0.269 e. The molecule has 4 heteroatoms. The van der Waals surface area contributed by atoms with E-state index < -0.39 is 4.92 Å². The lowest BCUT2D eigenvalue weighted by Crippen LogP contribution is -2.09. The maximum atomic E-state index is 10.4. The minimum Gasteiger partial charge on any atom is -0.287 e. The van der Waals surface area contributed by atoms with Crippen molar-refractivity contribution in [1.82, 2.24) is 0 Å². The molecule has 0 saturated heterocycles. The molecular weight excluding hydrogens is 192 g/mol. The van der Waals surface area contributed by atoms with E-state index in [-0.39, 0.29) is 11.2 Å². The van der Waals surface area contributed by atoms with Gasteiger partial charge < -0.3 is 0 Å². The van der Waals surface area contributed by atoms with Gasteiger partial charge in [-0.25, -0.2) is 0 Å². The molecule has 0 bridgehead atoms. The molecule has 0 aliphatic rings. The molecule has 0 saturated carbocycles. The predicted molar refractivity (Wildman–Crippen MR) is 60.4 cm³/mol. The molecule has 80 valence electrons. The first-order chi connectivity index (χ1) is 6.88. The number of benzene rings is 1. The first-order valence-electron chi connectivity index (χ1n) is 4.68. The van der Waals surface area contributed by atoms with Gasteiger partial charge in [0.1, 0.15) is 0 Å². The Labute approximate surface area is 88.8 Å². The van der Waals surface area contributed by atoms with Crippen LogP contribution in [0.1, 0.15) is 26.3 Å². The van der Waals surface area contributed by atoms with E-state index in [9.17, 15) is 10.1 Å². The van der Waals surface area contributed by atoms with Gasteiger partial charge >= 0.3 is 0 Å². The standard InChI is InChI=1S/C11H14N2O2/c1-11(2,3)12-8-9-4-6-10(7-5-9)13(14)15/h4-8H,1-3H3. The fourth-order valence-corrected chi connectivity index (χ4v) is 0.950. The summed E-state index contributed by atoms with van der Waals surface area (Å²) < 4.78 is 0. The third-order valence-corrected chi connectivity index (χ3v) is 1.70. The number of hydrogen-bond acceptors (Lipinski definition) is 3. The lowest BCUT2D eigenvalue weighted by atomic mass is 10.1. The molecule has 0 amide bonds. The molecule has 0 unspecified atom stereocenters. The molecule has 0 radical (unpaired) electrons. The zero-order valence-corrected chi connectivity index (χ0v) is 9.10. The Morgan fingerprint density at radius 3 is 2.20 bits per heavy atom. The van der Waals surface area contributed by atoms with Gasteiger partial charge in [-0.2, -0.15) is 0 Å². The molecular formula is C11H14N2O2. The summed E-state index contributed by atoms with van der Waals surface area (Å²) in [7, 11) is 0. The second-order valence-electron chi connectivity index (χ2n) is 4.28. The largest absolute Gasteiger partial charge is 0.287 e. The van der Waals surface area contributed by atoms with E-state index in [1.54, 1.807) is 18.3 Å².